The van der Waals surface area contributed by atoms with E-state index >= 15 is 0 Å². The van der Waals surface area contributed by atoms with E-state index in [9.17, 15) is 18.8 Å². The van der Waals surface area contributed by atoms with Gasteiger partial charge in [-0.05, 0) is 37.6 Å². The fourth-order valence-corrected chi connectivity index (χ4v) is 4.83. The largest absolute Gasteiger partial charge is 0.488 e. The third-order valence-electron chi connectivity index (χ3n) is 4.90. The average molecular weight is 522 g/mol. The summed E-state index contributed by atoms with van der Waals surface area (Å²) in [4.78, 5) is 39.3. The van der Waals surface area contributed by atoms with Gasteiger partial charge in [0.2, 0.25) is 0 Å². The molecule has 0 aliphatic carbocycles. The number of pyridine rings is 1. The van der Waals surface area contributed by atoms with Gasteiger partial charge in [-0.15, -0.1) is 11.8 Å². The van der Waals surface area contributed by atoms with Crippen molar-refractivity contribution in [3.63, 3.8) is 0 Å². The van der Waals surface area contributed by atoms with Crippen molar-refractivity contribution in [2.75, 3.05) is 5.75 Å². The van der Waals surface area contributed by atoms with Gasteiger partial charge < -0.3 is 23.7 Å². The van der Waals surface area contributed by atoms with E-state index < -0.39 is 47.5 Å². The number of thioether (sulfide) groups is 1. The summed E-state index contributed by atoms with van der Waals surface area (Å²) in [5.74, 6) is -1.63. The lowest BCUT2D eigenvalue weighted by Gasteiger charge is -2.39. The number of ether oxygens (including phenoxy) is 5. The van der Waals surface area contributed by atoms with E-state index in [4.69, 9.17) is 23.7 Å². The molecular weight excluding hydrogens is 493 g/mol. The summed E-state index contributed by atoms with van der Waals surface area (Å²) in [5.41, 5.74) is 0.337. The summed E-state index contributed by atoms with van der Waals surface area (Å²) in [6, 6.07) is 6.26. The molecule has 1 aromatic heterocycles. The molecule has 1 unspecified atom stereocenters. The Morgan fingerprint density at radius 1 is 0.944 bits per heavy atom. The van der Waals surface area contributed by atoms with Crippen LogP contribution < -0.4 is 9.47 Å². The number of esters is 3. The zero-order chi connectivity index (χ0) is 26.4. The van der Waals surface area contributed by atoms with E-state index in [2.05, 4.69) is 4.98 Å². The number of aromatic nitrogens is 1. The Morgan fingerprint density at radius 2 is 1.61 bits per heavy atom. The van der Waals surface area contributed by atoms with E-state index in [0.717, 1.165) is 0 Å². The second-order valence-corrected chi connectivity index (χ2v) is 9.47. The van der Waals surface area contributed by atoms with Crippen molar-refractivity contribution in [3.8, 4) is 22.6 Å². The number of halogens is 1. The van der Waals surface area contributed by atoms with Gasteiger partial charge in [-0.2, -0.15) is 0 Å². The second kappa shape index (κ2) is 12.1. The standard InChI is InChI=1S/C25H28FNO8S/c1-13(2)31-21-7-6-17(9-20(21)26)18-8-19(11-27-10-18)35-25-24(34-16(5)30)23(33-15(4)29)22(12-36-25)32-14(3)28/h6-11,13,22-25H,12H2,1-5H3/t22-,23+,24-,25?/m1/s1. The summed E-state index contributed by atoms with van der Waals surface area (Å²) < 4.78 is 42.1. The maximum Gasteiger partial charge on any atom is 0.303 e. The van der Waals surface area contributed by atoms with Crippen molar-refractivity contribution in [1.29, 1.82) is 0 Å². The fraction of sp³-hybridized carbons (Fsp3) is 0.440. The molecular formula is C25H28FNO8S. The minimum Gasteiger partial charge on any atom is -0.488 e. The molecule has 1 aliphatic heterocycles. The molecule has 194 valence electrons. The summed E-state index contributed by atoms with van der Waals surface area (Å²) in [7, 11) is 0. The van der Waals surface area contributed by atoms with Crippen molar-refractivity contribution in [2.24, 2.45) is 0 Å². The number of rotatable bonds is 8. The van der Waals surface area contributed by atoms with Crippen molar-refractivity contribution in [3.05, 3.63) is 42.5 Å². The molecule has 36 heavy (non-hydrogen) atoms. The van der Waals surface area contributed by atoms with Crippen LogP contribution in [0.2, 0.25) is 0 Å². The molecule has 9 nitrogen and oxygen atoms in total. The fourth-order valence-electron chi connectivity index (χ4n) is 3.62. The van der Waals surface area contributed by atoms with Crippen molar-refractivity contribution < 1.29 is 42.5 Å². The van der Waals surface area contributed by atoms with Gasteiger partial charge in [0, 0.05) is 38.3 Å². The number of nitrogens with zero attached hydrogens (tertiary/aromatic N) is 1. The molecule has 3 rings (SSSR count). The van der Waals surface area contributed by atoms with Crippen LogP contribution in [0.3, 0.4) is 0 Å². The first kappa shape index (κ1) is 27.3. The van der Waals surface area contributed by atoms with Gasteiger partial charge in [0.25, 0.3) is 0 Å². The Morgan fingerprint density at radius 3 is 2.22 bits per heavy atom. The molecule has 1 saturated heterocycles. The first-order valence-corrected chi connectivity index (χ1v) is 12.3. The highest BCUT2D eigenvalue weighted by molar-refractivity contribution is 7.99. The highest BCUT2D eigenvalue weighted by atomic mass is 32.2. The van der Waals surface area contributed by atoms with Gasteiger partial charge in [0.05, 0.1) is 12.3 Å². The van der Waals surface area contributed by atoms with Gasteiger partial charge >= 0.3 is 17.9 Å². The second-order valence-electron chi connectivity index (χ2n) is 8.34. The zero-order valence-electron chi connectivity index (χ0n) is 20.6. The van der Waals surface area contributed by atoms with Gasteiger partial charge in [-0.1, -0.05) is 6.07 Å². The SMILES string of the molecule is CC(=O)O[C@H]1[C@H](OC(C)=O)CSC(Oc2cncc(-c3ccc(OC(C)C)c(F)c3)c2)[C@@H]1OC(C)=O. The maximum atomic E-state index is 14.5. The first-order chi connectivity index (χ1) is 17.0. The van der Waals surface area contributed by atoms with Crippen LogP contribution in [-0.2, 0) is 28.6 Å². The smallest absolute Gasteiger partial charge is 0.303 e. The number of carbonyl (C=O) groups is 3. The monoisotopic (exact) mass is 521 g/mol. The number of hydrogen-bond donors (Lipinski definition) is 0. The average Bonchev–Trinajstić information content (AvgIpc) is 2.78. The van der Waals surface area contributed by atoms with E-state index in [-0.39, 0.29) is 17.6 Å². The van der Waals surface area contributed by atoms with Crippen LogP contribution >= 0.6 is 11.8 Å². The van der Waals surface area contributed by atoms with Gasteiger partial charge in [0.1, 0.15) is 5.75 Å². The molecule has 4 atom stereocenters. The molecule has 0 radical (unpaired) electrons. The molecule has 1 fully saturated rings. The predicted octanol–water partition coefficient (Wildman–Crippen LogP) is 3.92. The Labute approximate surface area is 212 Å². The molecule has 2 heterocycles. The van der Waals surface area contributed by atoms with Crippen molar-refractivity contribution in [2.45, 2.75) is 64.5 Å². The number of hydrogen-bond acceptors (Lipinski definition) is 10. The Balaban J connectivity index is 1.85. The lowest BCUT2D eigenvalue weighted by molar-refractivity contribution is -0.186. The molecule has 0 saturated carbocycles. The number of carbonyl (C=O) groups excluding carboxylic acids is 3. The van der Waals surface area contributed by atoms with Gasteiger partial charge in [-0.25, -0.2) is 4.39 Å². The molecule has 1 aromatic carbocycles. The summed E-state index contributed by atoms with van der Waals surface area (Å²) >= 11 is 1.23. The molecule has 0 bridgehead atoms. The van der Waals surface area contributed by atoms with Crippen LogP contribution in [0.25, 0.3) is 11.1 Å². The van der Waals surface area contributed by atoms with Crippen LogP contribution in [0.1, 0.15) is 34.6 Å². The topological polar surface area (TPSA) is 110 Å². The van der Waals surface area contributed by atoms with Crippen LogP contribution in [0.15, 0.2) is 36.7 Å². The molecule has 2 aromatic rings. The third-order valence-corrected chi connectivity index (χ3v) is 6.11. The minimum absolute atomic E-state index is 0.149. The van der Waals surface area contributed by atoms with E-state index in [1.807, 2.05) is 13.8 Å². The quantitative estimate of drug-likeness (QED) is 0.374. The van der Waals surface area contributed by atoms with E-state index in [0.29, 0.717) is 16.9 Å². The van der Waals surface area contributed by atoms with Crippen LogP contribution in [0, 0.1) is 5.82 Å². The van der Waals surface area contributed by atoms with Gasteiger partial charge in [-0.3, -0.25) is 19.4 Å². The van der Waals surface area contributed by atoms with E-state index in [1.54, 1.807) is 24.4 Å². The normalized spacial score (nSPS) is 21.4. The van der Waals surface area contributed by atoms with Crippen LogP contribution in [-0.4, -0.2) is 58.5 Å². The highest BCUT2D eigenvalue weighted by Crippen LogP contribution is 2.35. The zero-order valence-corrected chi connectivity index (χ0v) is 21.4. The maximum absolute atomic E-state index is 14.5. The van der Waals surface area contributed by atoms with Crippen LogP contribution in [0.4, 0.5) is 4.39 Å². The summed E-state index contributed by atoms with van der Waals surface area (Å²) in [6.45, 7) is 7.28. The summed E-state index contributed by atoms with van der Waals surface area (Å²) in [6.07, 6.45) is -0.123. The summed E-state index contributed by atoms with van der Waals surface area (Å²) in [5, 5.41) is 0. The van der Waals surface area contributed by atoms with Crippen molar-refractivity contribution in [1.82, 2.24) is 4.98 Å². The Bertz CT molecular complexity index is 1110. The Hall–Kier alpha value is -3.34. The van der Waals surface area contributed by atoms with Gasteiger partial charge in [0.15, 0.2) is 35.3 Å². The van der Waals surface area contributed by atoms with Crippen LogP contribution in [0.5, 0.6) is 11.5 Å². The Kier molecular flexibility index (Phi) is 9.14. The van der Waals surface area contributed by atoms with Crippen molar-refractivity contribution >= 4 is 29.7 Å². The molecule has 0 spiro atoms. The highest BCUT2D eigenvalue weighted by Gasteiger charge is 2.47. The molecule has 1 aliphatic rings. The third kappa shape index (κ3) is 7.33. The minimum atomic E-state index is -1.07. The number of benzene rings is 1. The predicted molar refractivity (Wildman–Crippen MR) is 129 cm³/mol. The molecule has 11 heteroatoms. The lowest BCUT2D eigenvalue weighted by atomic mass is 10.1. The molecule has 0 N–H and O–H groups in total. The van der Waals surface area contributed by atoms with E-state index in [1.165, 1.54) is 44.8 Å². The molecule has 0 amide bonds. The first-order valence-electron chi connectivity index (χ1n) is 11.2. The lowest BCUT2D eigenvalue weighted by Crippen LogP contribution is -2.55.